The third kappa shape index (κ3) is 5.63. The zero-order valence-electron chi connectivity index (χ0n) is 32.2. The fourth-order valence-corrected chi connectivity index (χ4v) is 7.96. The summed E-state index contributed by atoms with van der Waals surface area (Å²) in [6.45, 7) is 20.8. The number of fused-ring (bicyclic) bond motifs is 6. The first-order chi connectivity index (χ1) is 27.1. The highest BCUT2D eigenvalue weighted by atomic mass is 16.3. The molecule has 0 aliphatic carbocycles. The van der Waals surface area contributed by atoms with Crippen LogP contribution in [0, 0.1) is 17.9 Å². The standard InChI is InChI=1S/C49H39N5O2/c1-27(2)30-14-16-43-41(21-30)37-13-9-12-36(47(37)55-43)38-18-19-52-45-42-22-31(15-17-44(42)56-48(38)45)33-23-39(28(3)4)46(40(24-33)29(5)6)54-26-35(25-50)53-49(54)32-10-8-11-34(20-32)51-7/h8-24,26-29H,1-6H3. The largest absolute Gasteiger partial charge is 0.455 e. The molecule has 0 aliphatic heterocycles. The van der Waals surface area contributed by atoms with Crippen molar-refractivity contribution in [2.75, 3.05) is 0 Å². The first kappa shape index (κ1) is 34.8. The van der Waals surface area contributed by atoms with Crippen molar-refractivity contribution in [1.82, 2.24) is 14.5 Å². The smallest absolute Gasteiger partial charge is 0.187 e. The number of aromatic nitrogens is 3. The van der Waals surface area contributed by atoms with E-state index in [4.69, 9.17) is 25.4 Å². The number of hydrogen-bond acceptors (Lipinski definition) is 5. The summed E-state index contributed by atoms with van der Waals surface area (Å²) in [5.74, 6) is 1.36. The third-order valence-electron chi connectivity index (χ3n) is 10.9. The molecule has 0 N–H and O–H groups in total. The molecule has 56 heavy (non-hydrogen) atoms. The first-order valence-electron chi connectivity index (χ1n) is 19.1. The number of nitriles is 1. The number of rotatable bonds is 7. The molecule has 9 rings (SSSR count). The van der Waals surface area contributed by atoms with Gasteiger partial charge in [0.15, 0.2) is 17.0 Å². The van der Waals surface area contributed by atoms with E-state index in [1.165, 1.54) is 5.56 Å². The third-order valence-corrected chi connectivity index (χ3v) is 10.9. The Labute approximate surface area is 325 Å². The second-order valence-electron chi connectivity index (χ2n) is 15.5. The molecule has 0 saturated heterocycles. The van der Waals surface area contributed by atoms with E-state index >= 15 is 0 Å². The fourth-order valence-electron chi connectivity index (χ4n) is 7.96. The van der Waals surface area contributed by atoms with Crippen LogP contribution in [0.5, 0.6) is 0 Å². The summed E-state index contributed by atoms with van der Waals surface area (Å²) in [6, 6.07) is 35.3. The second kappa shape index (κ2) is 13.4. The van der Waals surface area contributed by atoms with Crippen LogP contribution in [0.2, 0.25) is 0 Å². The van der Waals surface area contributed by atoms with Crippen molar-refractivity contribution in [3.8, 4) is 45.4 Å². The predicted molar refractivity (Wildman–Crippen MR) is 225 cm³/mol. The van der Waals surface area contributed by atoms with Gasteiger partial charge in [0.2, 0.25) is 0 Å². The molecule has 4 aromatic heterocycles. The highest BCUT2D eigenvalue weighted by Gasteiger charge is 2.24. The summed E-state index contributed by atoms with van der Waals surface area (Å²) in [6.07, 6.45) is 3.67. The Bertz CT molecular complexity index is 3080. The number of benzene rings is 5. The average Bonchev–Trinajstić information content (AvgIpc) is 3.93. The maximum atomic E-state index is 9.96. The van der Waals surface area contributed by atoms with Gasteiger partial charge >= 0.3 is 0 Å². The van der Waals surface area contributed by atoms with Gasteiger partial charge in [-0.05, 0) is 94.1 Å². The van der Waals surface area contributed by atoms with Gasteiger partial charge < -0.3 is 8.83 Å². The maximum absolute atomic E-state index is 9.96. The van der Waals surface area contributed by atoms with Crippen LogP contribution < -0.4 is 0 Å². The Kier molecular flexibility index (Phi) is 8.33. The van der Waals surface area contributed by atoms with Crippen LogP contribution in [0.25, 0.3) is 88.2 Å². The zero-order chi connectivity index (χ0) is 38.8. The second-order valence-corrected chi connectivity index (χ2v) is 15.5. The molecule has 4 heterocycles. The Morgan fingerprint density at radius 2 is 1.39 bits per heavy atom. The van der Waals surface area contributed by atoms with Gasteiger partial charge in [-0.15, -0.1) is 0 Å². The zero-order valence-corrected chi connectivity index (χ0v) is 32.2. The highest BCUT2D eigenvalue weighted by Crippen LogP contribution is 2.43. The molecule has 0 saturated carbocycles. The molecule has 9 aromatic rings. The van der Waals surface area contributed by atoms with Crippen molar-refractivity contribution in [3.05, 3.63) is 143 Å². The summed E-state index contributed by atoms with van der Waals surface area (Å²) >= 11 is 0. The molecule has 0 fully saturated rings. The quantitative estimate of drug-likeness (QED) is 0.152. The van der Waals surface area contributed by atoms with E-state index in [1.54, 1.807) is 6.07 Å². The molecule has 0 aliphatic rings. The van der Waals surface area contributed by atoms with Crippen LogP contribution in [-0.4, -0.2) is 14.5 Å². The van der Waals surface area contributed by atoms with Crippen LogP contribution in [0.1, 0.15) is 81.7 Å². The monoisotopic (exact) mass is 729 g/mol. The number of hydrogen-bond donors (Lipinski definition) is 0. The van der Waals surface area contributed by atoms with Crippen molar-refractivity contribution in [2.24, 2.45) is 0 Å². The molecule has 0 spiro atoms. The summed E-state index contributed by atoms with van der Waals surface area (Å²) in [7, 11) is 0. The number of pyridine rings is 1. The molecule has 0 atom stereocenters. The van der Waals surface area contributed by atoms with Crippen molar-refractivity contribution in [1.29, 1.82) is 5.26 Å². The SMILES string of the molecule is [C-]#[N+]c1cccc(-c2nc(C#N)cn2-c2c(C(C)C)cc(-c3ccc4oc5c(-c6cccc7c6oc6ccc(C(C)C)cc67)ccnc5c4c3)cc2C(C)C)c1. The van der Waals surface area contributed by atoms with E-state index in [0.717, 1.165) is 88.6 Å². The van der Waals surface area contributed by atoms with E-state index < -0.39 is 0 Å². The number of para-hydroxylation sites is 1. The predicted octanol–water partition coefficient (Wildman–Crippen LogP) is 13.9. The van der Waals surface area contributed by atoms with Gasteiger partial charge in [0.25, 0.3) is 0 Å². The molecule has 0 bridgehead atoms. The van der Waals surface area contributed by atoms with E-state index in [1.807, 2.05) is 47.3 Å². The van der Waals surface area contributed by atoms with Crippen LogP contribution in [0.3, 0.4) is 0 Å². The number of furan rings is 2. The summed E-state index contributed by atoms with van der Waals surface area (Å²) in [5.41, 5.74) is 14.2. The van der Waals surface area contributed by atoms with Crippen molar-refractivity contribution in [2.45, 2.75) is 59.3 Å². The molecule has 0 amide bonds. The lowest BCUT2D eigenvalue weighted by atomic mass is 9.88. The summed E-state index contributed by atoms with van der Waals surface area (Å²) in [4.78, 5) is 13.2. The number of imidazole rings is 1. The van der Waals surface area contributed by atoms with E-state index in [9.17, 15) is 5.26 Å². The van der Waals surface area contributed by atoms with Gasteiger partial charge in [-0.25, -0.2) is 9.83 Å². The lowest BCUT2D eigenvalue weighted by Crippen LogP contribution is -2.08. The van der Waals surface area contributed by atoms with Gasteiger partial charge in [-0.2, -0.15) is 5.26 Å². The summed E-state index contributed by atoms with van der Waals surface area (Å²) < 4.78 is 15.2. The molecular weight excluding hydrogens is 691 g/mol. The minimum atomic E-state index is 0.151. The van der Waals surface area contributed by atoms with E-state index in [-0.39, 0.29) is 11.8 Å². The van der Waals surface area contributed by atoms with Crippen LogP contribution >= 0.6 is 0 Å². The highest BCUT2D eigenvalue weighted by molar-refractivity contribution is 6.14. The average molecular weight is 730 g/mol. The van der Waals surface area contributed by atoms with Crippen molar-refractivity contribution in [3.63, 3.8) is 0 Å². The van der Waals surface area contributed by atoms with Crippen molar-refractivity contribution < 1.29 is 8.83 Å². The molecule has 272 valence electrons. The minimum Gasteiger partial charge on any atom is -0.455 e. The molecule has 7 nitrogen and oxygen atoms in total. The topological polar surface area (TPSA) is 85.1 Å². The van der Waals surface area contributed by atoms with Gasteiger partial charge in [0.1, 0.15) is 34.2 Å². The van der Waals surface area contributed by atoms with E-state index in [2.05, 4.69) is 113 Å². The molecule has 7 heteroatoms. The van der Waals surface area contributed by atoms with Crippen LogP contribution in [0.4, 0.5) is 5.69 Å². The van der Waals surface area contributed by atoms with Gasteiger partial charge in [-0.3, -0.25) is 9.55 Å². The van der Waals surface area contributed by atoms with Gasteiger partial charge in [0.05, 0.1) is 12.3 Å². The normalized spacial score (nSPS) is 11.8. The molecule has 0 unspecified atom stereocenters. The Hall–Kier alpha value is -6.96. The fraction of sp³-hybridized carbons (Fsp3) is 0.184. The Morgan fingerprint density at radius 1 is 0.679 bits per heavy atom. The molecule has 0 radical (unpaired) electrons. The lowest BCUT2D eigenvalue weighted by Gasteiger charge is -2.23. The Morgan fingerprint density at radius 3 is 2.12 bits per heavy atom. The van der Waals surface area contributed by atoms with Crippen LogP contribution in [0.15, 0.2) is 118 Å². The van der Waals surface area contributed by atoms with E-state index in [0.29, 0.717) is 23.1 Å². The number of nitrogens with zero attached hydrogens (tertiary/aromatic N) is 5. The van der Waals surface area contributed by atoms with Crippen LogP contribution in [-0.2, 0) is 0 Å². The minimum absolute atomic E-state index is 0.151. The van der Waals surface area contributed by atoms with Gasteiger partial charge in [0, 0.05) is 45.2 Å². The van der Waals surface area contributed by atoms with Crippen molar-refractivity contribution >= 4 is 49.7 Å². The Balaban J connectivity index is 1.20. The lowest BCUT2D eigenvalue weighted by molar-refractivity contribution is 0.664. The molecular formula is C49H39N5O2. The first-order valence-corrected chi connectivity index (χ1v) is 19.1. The van der Waals surface area contributed by atoms with Gasteiger partial charge in [-0.1, -0.05) is 90.1 Å². The summed E-state index contributed by atoms with van der Waals surface area (Å²) in [5, 5.41) is 13.1. The molecule has 5 aromatic carbocycles. The maximum Gasteiger partial charge on any atom is 0.187 e.